The summed E-state index contributed by atoms with van der Waals surface area (Å²) in [5.41, 5.74) is 1.08. The molecule has 0 radical (unpaired) electrons. The van der Waals surface area contributed by atoms with E-state index in [1.54, 1.807) is 36.7 Å². The zero-order valence-electron chi connectivity index (χ0n) is 11.4. The molecule has 5 heteroatoms. The maximum atomic E-state index is 12.5. The summed E-state index contributed by atoms with van der Waals surface area (Å²) >= 11 is 0. The monoisotopic (exact) mass is 290 g/mol. The largest absolute Gasteiger partial charge is 0.265 e. The van der Waals surface area contributed by atoms with Crippen LogP contribution in [0.3, 0.4) is 0 Å². The van der Waals surface area contributed by atoms with Crippen LogP contribution in [0.2, 0.25) is 0 Å². The molecule has 2 aromatic rings. The maximum Gasteiger partial charge on any atom is 0.243 e. The van der Waals surface area contributed by atoms with E-state index in [2.05, 4.69) is 4.98 Å². The quantitative estimate of drug-likeness (QED) is 0.820. The van der Waals surface area contributed by atoms with E-state index in [0.29, 0.717) is 24.4 Å². The van der Waals surface area contributed by atoms with Gasteiger partial charge in [0.15, 0.2) is 0 Å². The number of benzene rings is 1. The number of hydrogen-bond donors (Lipinski definition) is 0. The lowest BCUT2D eigenvalue weighted by molar-refractivity contribution is 0.431. The standard InChI is InChI=1S/C15H18N2O2S/c1-2-17(13-10-14-8-11-16-12-9-14)20(18,19)15-6-4-3-5-7-15/h3-9,11-12H,2,10,13H2,1H3. The van der Waals surface area contributed by atoms with Crippen LogP contribution in [0.1, 0.15) is 12.5 Å². The number of aromatic nitrogens is 1. The Kier molecular flexibility index (Phi) is 4.87. The smallest absolute Gasteiger partial charge is 0.243 e. The second-order valence-corrected chi connectivity index (χ2v) is 6.35. The molecular weight excluding hydrogens is 272 g/mol. The summed E-state index contributed by atoms with van der Waals surface area (Å²) in [5, 5.41) is 0. The fourth-order valence-corrected chi connectivity index (χ4v) is 3.46. The summed E-state index contributed by atoms with van der Waals surface area (Å²) in [4.78, 5) is 4.30. The molecule has 0 aliphatic carbocycles. The third kappa shape index (κ3) is 3.43. The van der Waals surface area contributed by atoms with Crippen molar-refractivity contribution in [1.82, 2.24) is 9.29 Å². The van der Waals surface area contributed by atoms with E-state index in [1.807, 2.05) is 25.1 Å². The SMILES string of the molecule is CCN(CCc1ccncc1)S(=O)(=O)c1ccccc1. The van der Waals surface area contributed by atoms with Crippen molar-refractivity contribution >= 4 is 10.0 Å². The second kappa shape index (κ2) is 6.63. The molecule has 0 spiro atoms. The molecule has 2 rings (SSSR count). The van der Waals surface area contributed by atoms with Gasteiger partial charge in [-0.05, 0) is 36.2 Å². The number of sulfonamides is 1. The Morgan fingerprint density at radius 2 is 1.70 bits per heavy atom. The minimum absolute atomic E-state index is 0.344. The van der Waals surface area contributed by atoms with Gasteiger partial charge >= 0.3 is 0 Å². The van der Waals surface area contributed by atoms with Crippen molar-refractivity contribution in [3.63, 3.8) is 0 Å². The van der Waals surface area contributed by atoms with Crippen molar-refractivity contribution in [2.75, 3.05) is 13.1 Å². The molecule has 1 aromatic carbocycles. The maximum absolute atomic E-state index is 12.5. The molecule has 0 saturated carbocycles. The fourth-order valence-electron chi connectivity index (χ4n) is 1.99. The molecule has 106 valence electrons. The zero-order valence-corrected chi connectivity index (χ0v) is 12.3. The third-order valence-corrected chi connectivity index (χ3v) is 5.12. The Bertz CT molecular complexity index is 627. The van der Waals surface area contributed by atoms with E-state index in [-0.39, 0.29) is 0 Å². The van der Waals surface area contributed by atoms with Gasteiger partial charge in [0.2, 0.25) is 10.0 Å². The lowest BCUT2D eigenvalue weighted by Gasteiger charge is -2.20. The van der Waals surface area contributed by atoms with Crippen LogP contribution in [0, 0.1) is 0 Å². The topological polar surface area (TPSA) is 50.3 Å². The average Bonchev–Trinajstić information content (AvgIpc) is 2.49. The summed E-state index contributed by atoms with van der Waals surface area (Å²) in [6.07, 6.45) is 4.12. The minimum Gasteiger partial charge on any atom is -0.265 e. The summed E-state index contributed by atoms with van der Waals surface area (Å²) in [6, 6.07) is 12.4. The molecular formula is C15H18N2O2S. The van der Waals surface area contributed by atoms with E-state index >= 15 is 0 Å². The van der Waals surface area contributed by atoms with Crippen LogP contribution >= 0.6 is 0 Å². The predicted molar refractivity (Wildman–Crippen MR) is 78.8 cm³/mol. The van der Waals surface area contributed by atoms with Crippen molar-refractivity contribution in [3.8, 4) is 0 Å². The molecule has 0 aliphatic heterocycles. The summed E-state index contributed by atoms with van der Waals surface area (Å²) in [6.45, 7) is 2.78. The third-order valence-electron chi connectivity index (χ3n) is 3.13. The number of rotatable bonds is 6. The summed E-state index contributed by atoms with van der Waals surface area (Å²) in [5.74, 6) is 0. The molecule has 20 heavy (non-hydrogen) atoms. The predicted octanol–water partition coefficient (Wildman–Crippen LogP) is 2.33. The molecule has 0 unspecified atom stereocenters. The van der Waals surface area contributed by atoms with Crippen LogP contribution in [0.15, 0.2) is 59.8 Å². The lowest BCUT2D eigenvalue weighted by atomic mass is 10.2. The van der Waals surface area contributed by atoms with E-state index < -0.39 is 10.0 Å². The molecule has 0 bridgehead atoms. The summed E-state index contributed by atoms with van der Waals surface area (Å²) in [7, 11) is -3.40. The minimum atomic E-state index is -3.40. The number of likely N-dealkylation sites (N-methyl/N-ethyl adjacent to an activating group) is 1. The van der Waals surface area contributed by atoms with E-state index in [9.17, 15) is 8.42 Å². The Balaban J connectivity index is 2.12. The van der Waals surface area contributed by atoms with E-state index in [1.165, 1.54) is 4.31 Å². The highest BCUT2D eigenvalue weighted by Crippen LogP contribution is 2.15. The first kappa shape index (κ1) is 14.7. The van der Waals surface area contributed by atoms with Crippen LogP contribution in [0.4, 0.5) is 0 Å². The van der Waals surface area contributed by atoms with Crippen molar-refractivity contribution in [2.24, 2.45) is 0 Å². The van der Waals surface area contributed by atoms with Crippen molar-refractivity contribution in [1.29, 1.82) is 0 Å². The van der Waals surface area contributed by atoms with Gasteiger partial charge in [-0.25, -0.2) is 8.42 Å². The Morgan fingerprint density at radius 3 is 2.30 bits per heavy atom. The normalized spacial score (nSPS) is 11.7. The van der Waals surface area contributed by atoms with Crippen LogP contribution in [0.5, 0.6) is 0 Å². The number of pyridine rings is 1. The van der Waals surface area contributed by atoms with Gasteiger partial charge in [-0.3, -0.25) is 4.98 Å². The molecule has 0 fully saturated rings. The first-order chi connectivity index (χ1) is 9.64. The molecule has 0 amide bonds. The van der Waals surface area contributed by atoms with Gasteiger partial charge in [-0.15, -0.1) is 0 Å². The highest BCUT2D eigenvalue weighted by molar-refractivity contribution is 7.89. The Hall–Kier alpha value is -1.72. The van der Waals surface area contributed by atoms with Gasteiger partial charge in [0, 0.05) is 25.5 Å². The van der Waals surface area contributed by atoms with Crippen LogP contribution < -0.4 is 0 Å². The molecule has 0 atom stereocenters. The van der Waals surface area contributed by atoms with Gasteiger partial charge < -0.3 is 0 Å². The molecule has 1 aromatic heterocycles. The average molecular weight is 290 g/mol. The Morgan fingerprint density at radius 1 is 1.05 bits per heavy atom. The van der Waals surface area contributed by atoms with Crippen molar-refractivity contribution in [3.05, 3.63) is 60.4 Å². The van der Waals surface area contributed by atoms with Crippen molar-refractivity contribution < 1.29 is 8.42 Å². The zero-order chi connectivity index (χ0) is 14.4. The number of hydrogen-bond acceptors (Lipinski definition) is 3. The van der Waals surface area contributed by atoms with Gasteiger partial charge in [-0.1, -0.05) is 25.1 Å². The van der Waals surface area contributed by atoms with E-state index in [4.69, 9.17) is 0 Å². The highest BCUT2D eigenvalue weighted by atomic mass is 32.2. The van der Waals surface area contributed by atoms with Crippen LogP contribution in [-0.2, 0) is 16.4 Å². The first-order valence-corrected chi connectivity index (χ1v) is 8.02. The molecule has 0 aliphatic rings. The van der Waals surface area contributed by atoms with Crippen LogP contribution in [0.25, 0.3) is 0 Å². The molecule has 4 nitrogen and oxygen atoms in total. The van der Waals surface area contributed by atoms with E-state index in [0.717, 1.165) is 5.56 Å². The van der Waals surface area contributed by atoms with Crippen LogP contribution in [-0.4, -0.2) is 30.8 Å². The highest BCUT2D eigenvalue weighted by Gasteiger charge is 2.22. The van der Waals surface area contributed by atoms with Gasteiger partial charge in [0.1, 0.15) is 0 Å². The summed E-state index contributed by atoms with van der Waals surface area (Å²) < 4.78 is 26.5. The first-order valence-electron chi connectivity index (χ1n) is 6.58. The Labute approximate surface area is 120 Å². The lowest BCUT2D eigenvalue weighted by Crippen LogP contribution is -2.32. The molecule has 0 N–H and O–H groups in total. The molecule has 0 saturated heterocycles. The molecule has 1 heterocycles. The number of nitrogens with zero attached hydrogens (tertiary/aromatic N) is 2. The fraction of sp³-hybridized carbons (Fsp3) is 0.267. The van der Waals surface area contributed by atoms with Gasteiger partial charge in [-0.2, -0.15) is 4.31 Å². The van der Waals surface area contributed by atoms with Crippen molar-refractivity contribution in [2.45, 2.75) is 18.2 Å². The van der Waals surface area contributed by atoms with Gasteiger partial charge in [0.05, 0.1) is 4.90 Å². The van der Waals surface area contributed by atoms with Gasteiger partial charge in [0.25, 0.3) is 0 Å². The second-order valence-electron chi connectivity index (χ2n) is 4.42.